The number of anilines is 1. The summed E-state index contributed by atoms with van der Waals surface area (Å²) in [6.45, 7) is 8.97. The SMILES string of the molecule is COc1ccccc1OCC(=O)N1CCN(c2cc(C)nc(C(C)C)n2)CC1. The summed E-state index contributed by atoms with van der Waals surface area (Å²) in [4.78, 5) is 25.8. The molecule has 0 radical (unpaired) electrons. The van der Waals surface area contributed by atoms with Crippen LogP contribution in [0.4, 0.5) is 5.82 Å². The predicted molar refractivity (Wildman–Crippen MR) is 108 cm³/mol. The molecule has 7 heteroatoms. The first-order valence-corrected chi connectivity index (χ1v) is 9.62. The van der Waals surface area contributed by atoms with E-state index in [4.69, 9.17) is 14.5 Å². The molecule has 0 unspecified atom stereocenters. The number of carbonyl (C=O) groups is 1. The number of ether oxygens (including phenoxy) is 2. The van der Waals surface area contributed by atoms with Gasteiger partial charge in [-0.15, -0.1) is 0 Å². The van der Waals surface area contributed by atoms with Gasteiger partial charge in [-0.25, -0.2) is 9.97 Å². The van der Waals surface area contributed by atoms with Crippen molar-refractivity contribution in [3.05, 3.63) is 41.9 Å². The molecule has 1 saturated heterocycles. The topological polar surface area (TPSA) is 67.8 Å². The van der Waals surface area contributed by atoms with Crippen molar-refractivity contribution in [1.29, 1.82) is 0 Å². The highest BCUT2D eigenvalue weighted by atomic mass is 16.5. The summed E-state index contributed by atoms with van der Waals surface area (Å²) in [6.07, 6.45) is 0. The third-order valence-electron chi connectivity index (χ3n) is 4.75. The molecule has 150 valence electrons. The van der Waals surface area contributed by atoms with Gasteiger partial charge in [-0.2, -0.15) is 0 Å². The number of amides is 1. The smallest absolute Gasteiger partial charge is 0.260 e. The predicted octanol–water partition coefficient (Wildman–Crippen LogP) is 2.64. The second kappa shape index (κ2) is 8.91. The Balaban J connectivity index is 1.56. The Morgan fingerprint density at radius 1 is 1.11 bits per heavy atom. The maximum Gasteiger partial charge on any atom is 0.260 e. The summed E-state index contributed by atoms with van der Waals surface area (Å²) < 4.78 is 10.9. The zero-order chi connectivity index (χ0) is 20.1. The Morgan fingerprint density at radius 3 is 2.43 bits per heavy atom. The average Bonchev–Trinajstić information content (AvgIpc) is 2.71. The summed E-state index contributed by atoms with van der Waals surface area (Å²) >= 11 is 0. The molecule has 0 aliphatic carbocycles. The number of carbonyl (C=O) groups excluding carboxylic acids is 1. The van der Waals surface area contributed by atoms with Gasteiger partial charge < -0.3 is 19.3 Å². The molecule has 3 rings (SSSR count). The number of nitrogens with zero attached hydrogens (tertiary/aromatic N) is 4. The second-order valence-corrected chi connectivity index (χ2v) is 7.19. The molecule has 0 spiro atoms. The number of benzene rings is 1. The highest BCUT2D eigenvalue weighted by Gasteiger charge is 2.23. The fraction of sp³-hybridized carbons (Fsp3) is 0.476. The molecule has 2 heterocycles. The Bertz CT molecular complexity index is 817. The van der Waals surface area contributed by atoms with Crippen molar-refractivity contribution in [1.82, 2.24) is 14.9 Å². The second-order valence-electron chi connectivity index (χ2n) is 7.19. The Kier molecular flexibility index (Phi) is 6.34. The zero-order valence-electron chi connectivity index (χ0n) is 17.0. The third kappa shape index (κ3) is 4.71. The van der Waals surface area contributed by atoms with Gasteiger partial charge in [0, 0.05) is 43.9 Å². The molecule has 28 heavy (non-hydrogen) atoms. The van der Waals surface area contributed by atoms with Crippen LogP contribution in [0.25, 0.3) is 0 Å². The van der Waals surface area contributed by atoms with E-state index in [1.807, 2.05) is 36.1 Å². The van der Waals surface area contributed by atoms with E-state index in [2.05, 4.69) is 23.7 Å². The number of aromatic nitrogens is 2. The van der Waals surface area contributed by atoms with Crippen molar-refractivity contribution in [3.8, 4) is 11.5 Å². The van der Waals surface area contributed by atoms with Gasteiger partial charge >= 0.3 is 0 Å². The van der Waals surface area contributed by atoms with E-state index in [0.29, 0.717) is 24.6 Å². The van der Waals surface area contributed by atoms with E-state index < -0.39 is 0 Å². The quantitative estimate of drug-likeness (QED) is 0.763. The fourth-order valence-corrected chi connectivity index (χ4v) is 3.15. The van der Waals surface area contributed by atoms with Gasteiger partial charge in [0.15, 0.2) is 18.1 Å². The van der Waals surface area contributed by atoms with Gasteiger partial charge in [0.25, 0.3) is 5.91 Å². The van der Waals surface area contributed by atoms with Gasteiger partial charge in [-0.1, -0.05) is 26.0 Å². The van der Waals surface area contributed by atoms with Crippen LogP contribution < -0.4 is 14.4 Å². The molecule has 1 aliphatic heterocycles. The van der Waals surface area contributed by atoms with E-state index in [-0.39, 0.29) is 18.4 Å². The van der Waals surface area contributed by atoms with Crippen molar-refractivity contribution >= 4 is 11.7 Å². The lowest BCUT2D eigenvalue weighted by atomic mass is 10.2. The first-order valence-electron chi connectivity index (χ1n) is 9.62. The van der Waals surface area contributed by atoms with Crippen LogP contribution in [-0.2, 0) is 4.79 Å². The van der Waals surface area contributed by atoms with Gasteiger partial charge in [0.05, 0.1) is 7.11 Å². The number of aryl methyl sites for hydroxylation is 1. The van der Waals surface area contributed by atoms with Crippen LogP contribution in [0.5, 0.6) is 11.5 Å². The first kappa shape index (κ1) is 19.9. The van der Waals surface area contributed by atoms with E-state index in [0.717, 1.165) is 30.4 Å². The highest BCUT2D eigenvalue weighted by Crippen LogP contribution is 2.25. The summed E-state index contributed by atoms with van der Waals surface area (Å²) in [6, 6.07) is 9.35. The zero-order valence-corrected chi connectivity index (χ0v) is 17.0. The maximum absolute atomic E-state index is 12.5. The molecule has 1 aliphatic rings. The lowest BCUT2D eigenvalue weighted by Gasteiger charge is -2.35. The van der Waals surface area contributed by atoms with E-state index in [1.165, 1.54) is 0 Å². The number of hydrogen-bond acceptors (Lipinski definition) is 6. The van der Waals surface area contributed by atoms with Crippen LogP contribution in [0.15, 0.2) is 30.3 Å². The molecule has 7 nitrogen and oxygen atoms in total. The van der Waals surface area contributed by atoms with Crippen molar-refractivity contribution in [2.24, 2.45) is 0 Å². The number of methoxy groups -OCH3 is 1. The lowest BCUT2D eigenvalue weighted by Crippen LogP contribution is -2.50. The Labute approximate surface area is 166 Å². The van der Waals surface area contributed by atoms with Crippen molar-refractivity contribution in [2.45, 2.75) is 26.7 Å². The third-order valence-corrected chi connectivity index (χ3v) is 4.75. The molecule has 0 saturated carbocycles. The van der Waals surface area contributed by atoms with Crippen LogP contribution >= 0.6 is 0 Å². The van der Waals surface area contributed by atoms with Crippen LogP contribution in [0.1, 0.15) is 31.3 Å². The molecule has 1 aromatic carbocycles. The summed E-state index contributed by atoms with van der Waals surface area (Å²) in [5, 5.41) is 0. The average molecular weight is 384 g/mol. The minimum atomic E-state index is -0.0210. The van der Waals surface area contributed by atoms with Gasteiger partial charge in [0.1, 0.15) is 11.6 Å². The van der Waals surface area contributed by atoms with Crippen molar-refractivity contribution < 1.29 is 14.3 Å². The van der Waals surface area contributed by atoms with Crippen molar-refractivity contribution in [3.63, 3.8) is 0 Å². The summed E-state index contributed by atoms with van der Waals surface area (Å²) in [7, 11) is 1.59. The number of rotatable bonds is 6. The van der Waals surface area contributed by atoms with Crippen LogP contribution in [0.3, 0.4) is 0 Å². The van der Waals surface area contributed by atoms with Gasteiger partial charge in [-0.3, -0.25) is 4.79 Å². The van der Waals surface area contributed by atoms with Gasteiger partial charge in [-0.05, 0) is 19.1 Å². The molecule has 0 bridgehead atoms. The molecular formula is C21H28N4O3. The largest absolute Gasteiger partial charge is 0.493 e. The van der Waals surface area contributed by atoms with Crippen molar-refractivity contribution in [2.75, 3.05) is 44.8 Å². The van der Waals surface area contributed by atoms with Crippen LogP contribution in [0.2, 0.25) is 0 Å². The number of hydrogen-bond donors (Lipinski definition) is 0. The standard InChI is InChI=1S/C21H28N4O3/c1-15(2)21-22-16(3)13-19(23-21)24-9-11-25(12-10-24)20(26)14-28-18-8-6-5-7-17(18)27-4/h5-8,13,15H,9-12,14H2,1-4H3. The van der Waals surface area contributed by atoms with Crippen LogP contribution in [-0.4, -0.2) is 60.7 Å². The van der Waals surface area contributed by atoms with E-state index in [9.17, 15) is 4.79 Å². The monoisotopic (exact) mass is 384 g/mol. The molecule has 0 N–H and O–H groups in total. The van der Waals surface area contributed by atoms with Gasteiger partial charge in [0.2, 0.25) is 0 Å². The van der Waals surface area contributed by atoms with E-state index in [1.54, 1.807) is 13.2 Å². The summed E-state index contributed by atoms with van der Waals surface area (Å²) in [5.74, 6) is 3.27. The molecule has 1 aromatic heterocycles. The van der Waals surface area contributed by atoms with E-state index >= 15 is 0 Å². The number of para-hydroxylation sites is 2. The normalized spacial score (nSPS) is 14.3. The molecule has 1 amide bonds. The first-order chi connectivity index (χ1) is 13.5. The Hall–Kier alpha value is -2.83. The maximum atomic E-state index is 12.5. The number of piperazine rings is 1. The molecule has 0 atom stereocenters. The highest BCUT2D eigenvalue weighted by molar-refractivity contribution is 5.78. The molecular weight excluding hydrogens is 356 g/mol. The molecule has 2 aromatic rings. The summed E-state index contributed by atoms with van der Waals surface area (Å²) in [5.41, 5.74) is 0.970. The Morgan fingerprint density at radius 2 is 1.79 bits per heavy atom. The fourth-order valence-electron chi connectivity index (χ4n) is 3.15. The minimum Gasteiger partial charge on any atom is -0.493 e. The van der Waals surface area contributed by atoms with Crippen LogP contribution in [0, 0.1) is 6.92 Å². The lowest BCUT2D eigenvalue weighted by molar-refractivity contribution is -0.133. The molecule has 1 fully saturated rings. The minimum absolute atomic E-state index is 0.00445.